The van der Waals surface area contributed by atoms with Gasteiger partial charge in [0.05, 0.1) is 13.2 Å². The van der Waals surface area contributed by atoms with Crippen molar-refractivity contribution in [3.63, 3.8) is 0 Å². The molecule has 2 aromatic heterocycles. The molecule has 162 valence electrons. The van der Waals surface area contributed by atoms with Crippen LogP contribution >= 0.6 is 0 Å². The van der Waals surface area contributed by atoms with Crippen molar-refractivity contribution in [2.24, 2.45) is 0 Å². The Hall–Kier alpha value is -2.55. The van der Waals surface area contributed by atoms with Crippen molar-refractivity contribution in [2.45, 2.75) is 51.5 Å². The van der Waals surface area contributed by atoms with Crippen LogP contribution in [-0.2, 0) is 22.5 Å². The Morgan fingerprint density at radius 2 is 1.97 bits per heavy atom. The van der Waals surface area contributed by atoms with Gasteiger partial charge in [-0.25, -0.2) is 15.0 Å². The van der Waals surface area contributed by atoms with E-state index in [9.17, 15) is 4.79 Å². The summed E-state index contributed by atoms with van der Waals surface area (Å²) in [5.41, 5.74) is 1.09. The molecule has 0 radical (unpaired) electrons. The number of nitrogens with zero attached hydrogens (tertiary/aromatic N) is 7. The lowest BCUT2D eigenvalue weighted by molar-refractivity contribution is -0.132. The third-order valence-corrected chi connectivity index (χ3v) is 5.94. The maximum atomic E-state index is 12.6. The Balaban J connectivity index is 1.32. The first-order chi connectivity index (χ1) is 14.7. The summed E-state index contributed by atoms with van der Waals surface area (Å²) < 4.78 is 7.24. The fourth-order valence-corrected chi connectivity index (χ4v) is 4.11. The summed E-state index contributed by atoms with van der Waals surface area (Å²) in [6.07, 6.45) is 7.28. The first kappa shape index (κ1) is 20.7. The average molecular weight is 414 g/mol. The molecule has 2 fully saturated rings. The molecule has 4 heterocycles. The summed E-state index contributed by atoms with van der Waals surface area (Å²) in [4.78, 5) is 30.5. The third kappa shape index (κ3) is 5.13. The molecule has 2 saturated heterocycles. The number of morpholine rings is 1. The molecule has 0 aromatic carbocycles. The first-order valence-electron chi connectivity index (χ1n) is 11.0. The van der Waals surface area contributed by atoms with Crippen LogP contribution in [0.5, 0.6) is 0 Å². The second-order valence-electron chi connectivity index (χ2n) is 7.95. The lowest BCUT2D eigenvalue weighted by Crippen LogP contribution is -2.39. The predicted octanol–water partition coefficient (Wildman–Crippen LogP) is 1.65. The van der Waals surface area contributed by atoms with Crippen LogP contribution in [0.15, 0.2) is 18.7 Å². The third-order valence-electron chi connectivity index (χ3n) is 5.94. The number of carbonyl (C=O) groups excluding carboxylic acids is 1. The van der Waals surface area contributed by atoms with Gasteiger partial charge in [0.25, 0.3) is 0 Å². The largest absolute Gasteiger partial charge is 0.378 e. The second-order valence-corrected chi connectivity index (χ2v) is 7.95. The van der Waals surface area contributed by atoms with E-state index in [1.54, 1.807) is 11.0 Å². The van der Waals surface area contributed by atoms with Crippen LogP contribution in [-0.4, -0.2) is 74.9 Å². The van der Waals surface area contributed by atoms with Crippen LogP contribution in [0.25, 0.3) is 0 Å². The van der Waals surface area contributed by atoms with Crippen molar-refractivity contribution in [2.75, 3.05) is 44.3 Å². The van der Waals surface area contributed by atoms with E-state index in [0.29, 0.717) is 12.3 Å². The quantitative estimate of drug-likeness (QED) is 0.682. The van der Waals surface area contributed by atoms with Gasteiger partial charge in [-0.05, 0) is 25.7 Å². The lowest BCUT2D eigenvalue weighted by Gasteiger charge is -2.32. The summed E-state index contributed by atoms with van der Waals surface area (Å²) in [5, 5.41) is 4.08. The number of hydrogen-bond donors (Lipinski definition) is 0. The van der Waals surface area contributed by atoms with Gasteiger partial charge in [-0.1, -0.05) is 6.92 Å². The fraction of sp³-hybridized carbons (Fsp3) is 0.667. The number of anilines is 1. The van der Waals surface area contributed by atoms with E-state index < -0.39 is 0 Å². The normalized spacial score (nSPS) is 18.0. The number of aromatic nitrogens is 5. The van der Waals surface area contributed by atoms with Crippen LogP contribution in [0.2, 0.25) is 0 Å². The second kappa shape index (κ2) is 9.97. The van der Waals surface area contributed by atoms with Crippen molar-refractivity contribution < 1.29 is 9.53 Å². The topological polar surface area (TPSA) is 89.3 Å². The van der Waals surface area contributed by atoms with Crippen LogP contribution < -0.4 is 4.90 Å². The number of ether oxygens (including phenoxy) is 1. The Bertz CT molecular complexity index is 813. The Morgan fingerprint density at radius 3 is 2.67 bits per heavy atom. The molecule has 0 bridgehead atoms. The Morgan fingerprint density at radius 1 is 1.17 bits per heavy atom. The summed E-state index contributed by atoms with van der Waals surface area (Å²) in [7, 11) is 0. The fourth-order valence-electron chi connectivity index (χ4n) is 4.11. The Kier molecular flexibility index (Phi) is 6.88. The molecule has 30 heavy (non-hydrogen) atoms. The maximum Gasteiger partial charge on any atom is 0.222 e. The van der Waals surface area contributed by atoms with Gasteiger partial charge in [-0.3, -0.25) is 9.48 Å². The SMILES string of the molecule is CCc1cc(N2CCOCC2)nc(C2CCN(C(=O)CCCn3cncn3)CC2)n1. The lowest BCUT2D eigenvalue weighted by atomic mass is 9.95. The van der Waals surface area contributed by atoms with Gasteiger partial charge in [0.1, 0.15) is 24.3 Å². The maximum absolute atomic E-state index is 12.6. The highest BCUT2D eigenvalue weighted by Gasteiger charge is 2.26. The standard InChI is InChI=1S/C21H31N7O2/c1-2-18-14-19(26-10-12-30-13-11-26)25-21(24-18)17-5-8-27(9-6-17)20(29)4-3-7-28-16-22-15-23-28/h14-17H,2-13H2,1H3. The van der Waals surface area contributed by atoms with Crippen molar-refractivity contribution >= 4 is 11.7 Å². The number of rotatable bonds is 7. The minimum absolute atomic E-state index is 0.228. The van der Waals surface area contributed by atoms with Crippen molar-refractivity contribution in [3.05, 3.63) is 30.2 Å². The average Bonchev–Trinajstić information content (AvgIpc) is 3.33. The van der Waals surface area contributed by atoms with E-state index in [-0.39, 0.29) is 5.91 Å². The molecule has 2 aromatic rings. The molecule has 2 aliphatic heterocycles. The number of likely N-dealkylation sites (tertiary alicyclic amines) is 1. The van der Waals surface area contributed by atoms with Gasteiger partial charge in [0.2, 0.25) is 5.91 Å². The molecule has 0 N–H and O–H groups in total. The molecule has 0 aliphatic carbocycles. The zero-order chi connectivity index (χ0) is 20.8. The van der Waals surface area contributed by atoms with E-state index in [1.165, 1.54) is 6.33 Å². The number of piperidine rings is 1. The summed E-state index contributed by atoms with van der Waals surface area (Å²) in [5.74, 6) is 2.50. The van der Waals surface area contributed by atoms with Gasteiger partial charge in [-0.15, -0.1) is 0 Å². The van der Waals surface area contributed by atoms with Crippen molar-refractivity contribution in [1.29, 1.82) is 0 Å². The van der Waals surface area contributed by atoms with Gasteiger partial charge >= 0.3 is 0 Å². The zero-order valence-corrected chi connectivity index (χ0v) is 17.7. The molecule has 0 spiro atoms. The molecule has 0 atom stereocenters. The van der Waals surface area contributed by atoms with E-state index in [1.807, 2.05) is 4.90 Å². The van der Waals surface area contributed by atoms with Gasteiger partial charge in [-0.2, -0.15) is 5.10 Å². The van der Waals surface area contributed by atoms with Gasteiger partial charge in [0.15, 0.2) is 0 Å². The molecule has 0 saturated carbocycles. The van der Waals surface area contributed by atoms with Crippen LogP contribution in [0.3, 0.4) is 0 Å². The number of amides is 1. The minimum Gasteiger partial charge on any atom is -0.378 e. The van der Waals surface area contributed by atoms with Crippen molar-refractivity contribution in [1.82, 2.24) is 29.6 Å². The highest BCUT2D eigenvalue weighted by molar-refractivity contribution is 5.76. The highest BCUT2D eigenvalue weighted by Crippen LogP contribution is 2.28. The van der Waals surface area contributed by atoms with E-state index in [2.05, 4.69) is 28.0 Å². The van der Waals surface area contributed by atoms with Crippen LogP contribution in [0.4, 0.5) is 5.82 Å². The summed E-state index contributed by atoms with van der Waals surface area (Å²) >= 11 is 0. The van der Waals surface area contributed by atoms with E-state index in [0.717, 1.165) is 89.0 Å². The minimum atomic E-state index is 0.228. The molecule has 2 aliphatic rings. The molecule has 9 nitrogen and oxygen atoms in total. The number of aryl methyl sites for hydroxylation is 2. The number of hydrogen-bond acceptors (Lipinski definition) is 7. The van der Waals surface area contributed by atoms with E-state index >= 15 is 0 Å². The smallest absolute Gasteiger partial charge is 0.222 e. The van der Waals surface area contributed by atoms with E-state index in [4.69, 9.17) is 14.7 Å². The predicted molar refractivity (Wildman–Crippen MR) is 112 cm³/mol. The molecule has 0 unspecified atom stereocenters. The molecular weight excluding hydrogens is 382 g/mol. The highest BCUT2D eigenvalue weighted by atomic mass is 16.5. The monoisotopic (exact) mass is 413 g/mol. The van der Waals surface area contributed by atoms with Crippen LogP contribution in [0, 0.1) is 0 Å². The molecule has 4 rings (SSSR count). The van der Waals surface area contributed by atoms with Crippen LogP contribution in [0.1, 0.15) is 50.0 Å². The number of carbonyl (C=O) groups is 1. The zero-order valence-electron chi connectivity index (χ0n) is 17.7. The van der Waals surface area contributed by atoms with Gasteiger partial charge in [0, 0.05) is 56.8 Å². The summed E-state index contributed by atoms with van der Waals surface area (Å²) in [6, 6.07) is 2.11. The van der Waals surface area contributed by atoms with Gasteiger partial charge < -0.3 is 14.5 Å². The summed E-state index contributed by atoms with van der Waals surface area (Å²) in [6.45, 7) is 7.66. The Labute approximate surface area is 177 Å². The van der Waals surface area contributed by atoms with Crippen molar-refractivity contribution in [3.8, 4) is 0 Å². The molecule has 1 amide bonds. The molecular formula is C21H31N7O2. The first-order valence-corrected chi connectivity index (χ1v) is 11.0. The molecule has 9 heteroatoms.